The molecular formula is C24H33N5O2. The third kappa shape index (κ3) is 4.39. The van der Waals surface area contributed by atoms with Crippen LogP contribution in [0.3, 0.4) is 0 Å². The van der Waals surface area contributed by atoms with Gasteiger partial charge in [0.15, 0.2) is 5.69 Å². The third-order valence-electron chi connectivity index (χ3n) is 7.60. The number of likely N-dealkylation sites (tertiary alicyclic amines) is 1. The van der Waals surface area contributed by atoms with Gasteiger partial charge in [0.1, 0.15) is 0 Å². The van der Waals surface area contributed by atoms with Crippen LogP contribution in [0, 0.1) is 5.41 Å². The summed E-state index contributed by atoms with van der Waals surface area (Å²) in [6.45, 7) is 6.00. The maximum absolute atomic E-state index is 12.7. The lowest BCUT2D eigenvalue weighted by atomic mass is 9.59. The number of piperidine rings is 1. The summed E-state index contributed by atoms with van der Waals surface area (Å²) in [5.74, 6) is -0.0174. The molecule has 5 rings (SSSR count). The lowest BCUT2D eigenvalue weighted by molar-refractivity contribution is -0.0317. The molecule has 1 aromatic carbocycles. The van der Waals surface area contributed by atoms with E-state index < -0.39 is 0 Å². The number of hydrogen-bond donors (Lipinski definition) is 0. The molecule has 1 aliphatic carbocycles. The van der Waals surface area contributed by atoms with Crippen LogP contribution in [0.5, 0.6) is 0 Å². The smallest absolute Gasteiger partial charge is 0.276 e. The van der Waals surface area contributed by atoms with Gasteiger partial charge in [-0.3, -0.25) is 4.79 Å². The van der Waals surface area contributed by atoms with Crippen LogP contribution in [-0.2, 0) is 11.2 Å². The molecule has 0 radical (unpaired) electrons. The van der Waals surface area contributed by atoms with E-state index in [9.17, 15) is 4.79 Å². The molecule has 2 saturated heterocycles. The fraction of sp³-hybridized carbons (Fsp3) is 0.625. The Labute approximate surface area is 184 Å². The molecular weight excluding hydrogens is 390 g/mol. The maximum Gasteiger partial charge on any atom is 0.276 e. The van der Waals surface area contributed by atoms with Gasteiger partial charge in [0.05, 0.1) is 25.5 Å². The van der Waals surface area contributed by atoms with E-state index in [0.717, 1.165) is 12.8 Å². The number of carbonyl (C=O) groups is 1. The molecule has 1 unspecified atom stereocenters. The minimum absolute atomic E-state index is 0.0174. The van der Waals surface area contributed by atoms with Crippen molar-refractivity contribution in [3.63, 3.8) is 0 Å². The normalized spacial score (nSPS) is 23.6. The van der Waals surface area contributed by atoms with Gasteiger partial charge in [0.25, 0.3) is 5.91 Å². The molecule has 0 N–H and O–H groups in total. The molecule has 3 aliphatic rings. The van der Waals surface area contributed by atoms with Gasteiger partial charge in [-0.05, 0) is 69.1 Å². The highest BCUT2D eigenvalue weighted by molar-refractivity contribution is 5.92. The summed E-state index contributed by atoms with van der Waals surface area (Å²) in [5.41, 5.74) is 2.24. The summed E-state index contributed by atoms with van der Waals surface area (Å²) < 4.78 is 7.34. The van der Waals surface area contributed by atoms with Gasteiger partial charge in [-0.25, -0.2) is 4.68 Å². The first kappa shape index (κ1) is 20.6. The monoisotopic (exact) mass is 423 g/mol. The fourth-order valence-corrected chi connectivity index (χ4v) is 5.51. The molecule has 1 aromatic heterocycles. The first-order valence-electron chi connectivity index (χ1n) is 11.8. The number of amides is 1. The number of aryl methyl sites for hydroxylation is 1. The van der Waals surface area contributed by atoms with Crippen molar-refractivity contribution < 1.29 is 9.53 Å². The fourth-order valence-electron chi connectivity index (χ4n) is 5.51. The molecule has 3 heterocycles. The lowest BCUT2D eigenvalue weighted by Gasteiger charge is -2.53. The number of ether oxygens (including phenoxy) is 1. The second-order valence-electron chi connectivity index (χ2n) is 9.34. The molecule has 2 aromatic rings. The van der Waals surface area contributed by atoms with Crippen molar-refractivity contribution in [2.24, 2.45) is 5.41 Å². The zero-order valence-corrected chi connectivity index (χ0v) is 18.3. The summed E-state index contributed by atoms with van der Waals surface area (Å²) in [4.78, 5) is 17.1. The first-order chi connectivity index (χ1) is 15.2. The predicted molar refractivity (Wildman–Crippen MR) is 118 cm³/mol. The predicted octanol–water partition coefficient (Wildman–Crippen LogP) is 2.80. The van der Waals surface area contributed by atoms with E-state index in [2.05, 4.69) is 45.5 Å². The van der Waals surface area contributed by atoms with Crippen molar-refractivity contribution in [3.05, 3.63) is 47.8 Å². The molecule has 7 heteroatoms. The van der Waals surface area contributed by atoms with Crippen molar-refractivity contribution in [2.75, 3.05) is 45.9 Å². The van der Waals surface area contributed by atoms with Gasteiger partial charge in [-0.15, -0.1) is 5.10 Å². The number of benzene rings is 1. The van der Waals surface area contributed by atoms with E-state index in [1.165, 1.54) is 50.9 Å². The number of morpholine rings is 1. The largest absolute Gasteiger partial charge is 0.378 e. The summed E-state index contributed by atoms with van der Waals surface area (Å²) >= 11 is 0. The van der Waals surface area contributed by atoms with E-state index in [4.69, 9.17) is 4.74 Å². The SMILES string of the molecule is O=C(c1cn(C2CCC23CCN(CCCc2ccccc2)CC3)nn1)N1CCOCC1. The second kappa shape index (κ2) is 9.09. The molecule has 0 bridgehead atoms. The highest BCUT2D eigenvalue weighted by Gasteiger charge is 2.49. The lowest BCUT2D eigenvalue weighted by Crippen LogP contribution is -2.50. The van der Waals surface area contributed by atoms with Gasteiger partial charge in [-0.2, -0.15) is 0 Å². The number of aromatic nitrogens is 3. The Kier molecular flexibility index (Phi) is 6.05. The molecule has 31 heavy (non-hydrogen) atoms. The van der Waals surface area contributed by atoms with Crippen molar-refractivity contribution in [2.45, 2.75) is 44.6 Å². The van der Waals surface area contributed by atoms with Crippen LogP contribution in [0.15, 0.2) is 36.5 Å². The summed E-state index contributed by atoms with van der Waals surface area (Å²) in [6.07, 6.45) is 9.10. The Hall–Kier alpha value is -2.25. The average molecular weight is 424 g/mol. The van der Waals surface area contributed by atoms with Crippen molar-refractivity contribution in [3.8, 4) is 0 Å². The average Bonchev–Trinajstić information content (AvgIpc) is 3.29. The number of carbonyl (C=O) groups excluding carboxylic acids is 1. The van der Waals surface area contributed by atoms with Gasteiger partial charge in [0, 0.05) is 13.1 Å². The van der Waals surface area contributed by atoms with Gasteiger partial charge in [-0.1, -0.05) is 35.5 Å². The van der Waals surface area contributed by atoms with Crippen LogP contribution >= 0.6 is 0 Å². The molecule has 1 saturated carbocycles. The van der Waals surface area contributed by atoms with Crippen LogP contribution in [0.2, 0.25) is 0 Å². The number of nitrogens with zero attached hydrogens (tertiary/aromatic N) is 5. The van der Waals surface area contributed by atoms with Crippen LogP contribution in [0.4, 0.5) is 0 Å². The van der Waals surface area contributed by atoms with Gasteiger partial charge < -0.3 is 14.5 Å². The number of rotatable bonds is 6. The molecule has 1 spiro atoms. The molecule has 7 nitrogen and oxygen atoms in total. The van der Waals surface area contributed by atoms with Crippen molar-refractivity contribution >= 4 is 5.91 Å². The molecule has 1 amide bonds. The second-order valence-corrected chi connectivity index (χ2v) is 9.34. The Balaban J connectivity index is 1.13. The van der Waals surface area contributed by atoms with Crippen LogP contribution in [0.1, 0.15) is 54.2 Å². The van der Waals surface area contributed by atoms with Crippen LogP contribution < -0.4 is 0 Å². The van der Waals surface area contributed by atoms with E-state index >= 15 is 0 Å². The van der Waals surface area contributed by atoms with E-state index in [1.54, 1.807) is 0 Å². The highest BCUT2D eigenvalue weighted by Crippen LogP contribution is 2.56. The quantitative estimate of drug-likeness (QED) is 0.715. The zero-order valence-electron chi connectivity index (χ0n) is 18.3. The van der Waals surface area contributed by atoms with E-state index in [-0.39, 0.29) is 5.91 Å². The minimum Gasteiger partial charge on any atom is -0.378 e. The molecule has 1 atom stereocenters. The Morgan fingerprint density at radius 2 is 1.84 bits per heavy atom. The molecule has 2 aliphatic heterocycles. The Morgan fingerprint density at radius 3 is 2.55 bits per heavy atom. The summed E-state index contributed by atoms with van der Waals surface area (Å²) in [7, 11) is 0. The summed E-state index contributed by atoms with van der Waals surface area (Å²) in [5, 5.41) is 8.61. The molecule has 3 fully saturated rings. The maximum atomic E-state index is 12.7. The highest BCUT2D eigenvalue weighted by atomic mass is 16.5. The van der Waals surface area contributed by atoms with E-state index in [0.29, 0.717) is 43.5 Å². The van der Waals surface area contributed by atoms with Gasteiger partial charge >= 0.3 is 0 Å². The van der Waals surface area contributed by atoms with Crippen LogP contribution in [-0.4, -0.2) is 76.6 Å². The zero-order chi connectivity index (χ0) is 21.1. The topological polar surface area (TPSA) is 63.5 Å². The Bertz CT molecular complexity index is 869. The van der Waals surface area contributed by atoms with E-state index in [1.807, 2.05) is 15.8 Å². The standard InChI is InChI=1S/C24H33N5O2/c30-23(28-15-17-31-18-16-28)21-19-29(26-25-21)22-8-9-24(22)10-13-27(14-11-24)12-4-7-20-5-2-1-3-6-20/h1-3,5-6,19,22H,4,7-18H2. The Morgan fingerprint density at radius 1 is 1.06 bits per heavy atom. The first-order valence-corrected chi connectivity index (χ1v) is 11.8. The minimum atomic E-state index is -0.0174. The molecule has 166 valence electrons. The van der Waals surface area contributed by atoms with Crippen LogP contribution in [0.25, 0.3) is 0 Å². The van der Waals surface area contributed by atoms with Crippen molar-refractivity contribution in [1.82, 2.24) is 24.8 Å². The van der Waals surface area contributed by atoms with Crippen molar-refractivity contribution in [1.29, 1.82) is 0 Å². The third-order valence-corrected chi connectivity index (χ3v) is 7.60. The van der Waals surface area contributed by atoms with Gasteiger partial charge in [0.2, 0.25) is 0 Å². The number of hydrogen-bond acceptors (Lipinski definition) is 5. The summed E-state index contributed by atoms with van der Waals surface area (Å²) in [6, 6.07) is 11.2.